The number of nitrogens with zero attached hydrogens (tertiary/aromatic N) is 4. The zero-order valence-corrected chi connectivity index (χ0v) is 14.2. The van der Waals surface area contributed by atoms with E-state index in [1.807, 2.05) is 25.1 Å². The molecule has 3 heterocycles. The highest BCUT2D eigenvalue weighted by Crippen LogP contribution is 2.31. The normalized spacial score (nSPS) is 15.0. The van der Waals surface area contributed by atoms with Gasteiger partial charge >= 0.3 is 5.97 Å². The van der Waals surface area contributed by atoms with Gasteiger partial charge in [-0.15, -0.1) is 0 Å². The number of hydrogen-bond donors (Lipinski definition) is 2. The molecule has 0 bridgehead atoms. The first-order valence-corrected chi connectivity index (χ1v) is 8.39. The molecule has 0 spiro atoms. The van der Waals surface area contributed by atoms with Gasteiger partial charge in [0, 0.05) is 19.3 Å². The summed E-state index contributed by atoms with van der Waals surface area (Å²) in [5.41, 5.74) is 6.73. The summed E-state index contributed by atoms with van der Waals surface area (Å²) in [5, 5.41) is 3.11. The van der Waals surface area contributed by atoms with Crippen molar-refractivity contribution >= 4 is 29.1 Å². The van der Waals surface area contributed by atoms with Crippen LogP contribution in [-0.4, -0.2) is 40.6 Å². The zero-order chi connectivity index (χ0) is 17.6. The van der Waals surface area contributed by atoms with E-state index in [0.717, 1.165) is 12.8 Å². The Kier molecular flexibility index (Phi) is 5.27. The summed E-state index contributed by atoms with van der Waals surface area (Å²) in [4.78, 5) is 26.7. The Hall–Kier alpha value is -2.90. The van der Waals surface area contributed by atoms with Gasteiger partial charge in [0.1, 0.15) is 17.8 Å². The van der Waals surface area contributed by atoms with Crippen LogP contribution in [0.15, 0.2) is 30.7 Å². The fourth-order valence-corrected chi connectivity index (χ4v) is 2.88. The average Bonchev–Trinajstić information content (AvgIpc) is 2.65. The molecule has 3 N–H and O–H groups in total. The number of esters is 1. The fourth-order valence-electron chi connectivity index (χ4n) is 2.88. The summed E-state index contributed by atoms with van der Waals surface area (Å²) in [6.07, 6.45) is 4.63. The molecule has 0 aromatic carbocycles. The van der Waals surface area contributed by atoms with E-state index < -0.39 is 0 Å². The summed E-state index contributed by atoms with van der Waals surface area (Å²) < 4.78 is 5.11. The number of nitrogens with one attached hydrogen (secondary N) is 1. The van der Waals surface area contributed by atoms with Crippen LogP contribution in [0.2, 0.25) is 0 Å². The fraction of sp³-hybridized carbons (Fsp3) is 0.412. The van der Waals surface area contributed by atoms with Gasteiger partial charge in [0.25, 0.3) is 0 Å². The van der Waals surface area contributed by atoms with Gasteiger partial charge in [-0.1, -0.05) is 6.07 Å². The van der Waals surface area contributed by atoms with Crippen LogP contribution in [0.5, 0.6) is 0 Å². The number of carbonyl (C=O) groups is 1. The Morgan fingerprint density at radius 1 is 1.32 bits per heavy atom. The second-order valence-corrected chi connectivity index (χ2v) is 5.81. The third-order valence-corrected chi connectivity index (χ3v) is 4.19. The number of rotatable bonds is 5. The maximum Gasteiger partial charge on any atom is 0.309 e. The van der Waals surface area contributed by atoms with Gasteiger partial charge < -0.3 is 20.7 Å². The monoisotopic (exact) mass is 342 g/mol. The summed E-state index contributed by atoms with van der Waals surface area (Å²) in [6.45, 7) is 3.65. The van der Waals surface area contributed by atoms with E-state index in [2.05, 4.69) is 25.2 Å². The van der Waals surface area contributed by atoms with E-state index in [1.54, 1.807) is 6.20 Å². The van der Waals surface area contributed by atoms with Crippen molar-refractivity contribution in [2.45, 2.75) is 19.8 Å². The number of anilines is 4. The van der Waals surface area contributed by atoms with Crippen LogP contribution in [0, 0.1) is 5.92 Å². The standard InChI is InChI=1S/C17H22N6O2/c1-2-25-17(24)12-6-9-23(10-7-12)16-14(18)15(20-11-21-16)22-13-5-3-4-8-19-13/h3-5,8,11-12H,2,6-7,9-10,18H2,1H3,(H,19,20,21,22). The quantitative estimate of drug-likeness (QED) is 0.795. The molecule has 8 nitrogen and oxygen atoms in total. The van der Waals surface area contributed by atoms with Crippen LogP contribution in [-0.2, 0) is 9.53 Å². The van der Waals surface area contributed by atoms with Crippen molar-refractivity contribution < 1.29 is 9.53 Å². The molecule has 0 atom stereocenters. The van der Waals surface area contributed by atoms with Gasteiger partial charge in [-0.2, -0.15) is 0 Å². The highest BCUT2D eigenvalue weighted by Gasteiger charge is 2.27. The first-order chi connectivity index (χ1) is 12.2. The smallest absolute Gasteiger partial charge is 0.309 e. The third-order valence-electron chi connectivity index (χ3n) is 4.19. The van der Waals surface area contributed by atoms with Gasteiger partial charge in [-0.05, 0) is 31.9 Å². The molecule has 25 heavy (non-hydrogen) atoms. The van der Waals surface area contributed by atoms with Crippen LogP contribution in [0.3, 0.4) is 0 Å². The molecule has 0 amide bonds. The van der Waals surface area contributed by atoms with E-state index in [4.69, 9.17) is 10.5 Å². The minimum absolute atomic E-state index is 0.0506. The molecular formula is C17H22N6O2. The Balaban J connectivity index is 1.69. The molecule has 0 unspecified atom stereocenters. The van der Waals surface area contributed by atoms with Crippen molar-refractivity contribution in [1.29, 1.82) is 0 Å². The second-order valence-electron chi connectivity index (χ2n) is 5.81. The third kappa shape index (κ3) is 3.96. The summed E-state index contributed by atoms with van der Waals surface area (Å²) in [7, 11) is 0. The predicted octanol–water partition coefficient (Wildman–Crippen LogP) is 1.98. The van der Waals surface area contributed by atoms with Crippen LogP contribution in [0.25, 0.3) is 0 Å². The lowest BCUT2D eigenvalue weighted by atomic mass is 9.97. The molecule has 1 saturated heterocycles. The Morgan fingerprint density at radius 2 is 2.12 bits per heavy atom. The minimum Gasteiger partial charge on any atom is -0.466 e. The maximum absolute atomic E-state index is 11.9. The van der Waals surface area contributed by atoms with Gasteiger partial charge in [-0.25, -0.2) is 15.0 Å². The molecule has 1 aliphatic heterocycles. The summed E-state index contributed by atoms with van der Waals surface area (Å²) in [6, 6.07) is 5.56. The first kappa shape index (κ1) is 16.9. The average molecular weight is 342 g/mol. The van der Waals surface area contributed by atoms with Crippen molar-refractivity contribution in [2.75, 3.05) is 35.6 Å². The molecule has 8 heteroatoms. The number of ether oxygens (including phenoxy) is 1. The minimum atomic E-state index is -0.115. The second kappa shape index (κ2) is 7.78. The summed E-state index contributed by atoms with van der Waals surface area (Å²) >= 11 is 0. The van der Waals surface area contributed by atoms with E-state index >= 15 is 0 Å². The van der Waals surface area contributed by atoms with Crippen LogP contribution < -0.4 is 16.0 Å². The Morgan fingerprint density at radius 3 is 2.80 bits per heavy atom. The van der Waals surface area contributed by atoms with Crippen molar-refractivity contribution in [1.82, 2.24) is 15.0 Å². The Labute approximate surface area is 146 Å². The van der Waals surface area contributed by atoms with Crippen molar-refractivity contribution in [3.8, 4) is 0 Å². The molecule has 0 aliphatic carbocycles. The van der Waals surface area contributed by atoms with Crippen LogP contribution in [0.4, 0.5) is 23.1 Å². The number of nitrogen functional groups attached to an aromatic ring is 1. The number of carbonyl (C=O) groups excluding carboxylic acids is 1. The molecule has 0 saturated carbocycles. The van der Waals surface area contributed by atoms with Gasteiger partial charge in [0.2, 0.25) is 0 Å². The zero-order valence-electron chi connectivity index (χ0n) is 14.2. The van der Waals surface area contributed by atoms with Crippen molar-refractivity contribution in [3.05, 3.63) is 30.7 Å². The number of pyridine rings is 1. The lowest BCUT2D eigenvalue weighted by Crippen LogP contribution is -2.37. The van der Waals surface area contributed by atoms with E-state index in [-0.39, 0.29) is 11.9 Å². The van der Waals surface area contributed by atoms with E-state index in [0.29, 0.717) is 42.8 Å². The number of aromatic nitrogens is 3. The SMILES string of the molecule is CCOC(=O)C1CCN(c2ncnc(Nc3ccccn3)c2N)CC1. The highest BCUT2D eigenvalue weighted by atomic mass is 16.5. The summed E-state index contributed by atoms with van der Waals surface area (Å²) in [5.74, 6) is 1.70. The first-order valence-electron chi connectivity index (χ1n) is 8.39. The molecule has 2 aromatic heterocycles. The molecule has 1 fully saturated rings. The van der Waals surface area contributed by atoms with Gasteiger partial charge in [-0.3, -0.25) is 4.79 Å². The van der Waals surface area contributed by atoms with Gasteiger partial charge in [0.05, 0.1) is 12.5 Å². The largest absolute Gasteiger partial charge is 0.466 e. The molecule has 3 rings (SSSR count). The number of hydrogen-bond acceptors (Lipinski definition) is 8. The van der Waals surface area contributed by atoms with E-state index in [9.17, 15) is 4.79 Å². The number of piperidine rings is 1. The van der Waals surface area contributed by atoms with Gasteiger partial charge in [0.15, 0.2) is 11.6 Å². The van der Waals surface area contributed by atoms with E-state index in [1.165, 1.54) is 6.33 Å². The predicted molar refractivity (Wildman–Crippen MR) is 95.5 cm³/mol. The molecule has 132 valence electrons. The lowest BCUT2D eigenvalue weighted by molar-refractivity contribution is -0.148. The maximum atomic E-state index is 11.9. The lowest BCUT2D eigenvalue weighted by Gasteiger charge is -2.32. The van der Waals surface area contributed by atoms with Crippen molar-refractivity contribution in [3.63, 3.8) is 0 Å². The molecule has 1 aliphatic rings. The topological polar surface area (TPSA) is 106 Å². The Bertz CT molecular complexity index is 716. The van der Waals surface area contributed by atoms with Crippen LogP contribution in [0.1, 0.15) is 19.8 Å². The molecular weight excluding hydrogens is 320 g/mol. The molecule has 0 radical (unpaired) electrons. The number of nitrogens with two attached hydrogens (primary N) is 1. The van der Waals surface area contributed by atoms with Crippen molar-refractivity contribution in [2.24, 2.45) is 5.92 Å². The molecule has 2 aromatic rings. The highest BCUT2D eigenvalue weighted by molar-refractivity contribution is 5.78. The van der Waals surface area contributed by atoms with Crippen LogP contribution >= 0.6 is 0 Å².